The number of H-pyrrole nitrogens is 1. The Morgan fingerprint density at radius 3 is 2.55 bits per heavy atom. The van der Waals surface area contributed by atoms with Crippen LogP contribution in [0.15, 0.2) is 0 Å². The minimum atomic E-state index is 1.25. The Bertz CT molecular complexity index is 227. The molecule has 62 valence electrons. The van der Waals surface area contributed by atoms with Crippen molar-refractivity contribution in [3.8, 4) is 0 Å². The van der Waals surface area contributed by atoms with Crippen LogP contribution in [0.4, 0.5) is 0 Å². The molecule has 0 amide bonds. The first-order chi connectivity index (χ1) is 5.24. The van der Waals surface area contributed by atoms with E-state index in [1.54, 1.807) is 0 Å². The number of unbranched alkanes of at least 4 members (excludes halogenated alkanes) is 1. The van der Waals surface area contributed by atoms with Crippen LogP contribution in [0.25, 0.3) is 0 Å². The molecule has 0 aromatic carbocycles. The zero-order valence-corrected chi connectivity index (χ0v) is 8.35. The zero-order chi connectivity index (χ0) is 8.27. The van der Waals surface area contributed by atoms with Crippen molar-refractivity contribution in [2.45, 2.75) is 40.0 Å². The zero-order valence-electron chi connectivity index (χ0n) is 7.53. The molecule has 0 fully saturated rings. The molecule has 1 aromatic rings. The normalized spacial score (nSPS) is 10.5. The summed E-state index contributed by atoms with van der Waals surface area (Å²) >= 11 is 1.90. The van der Waals surface area contributed by atoms with Gasteiger partial charge in [-0.1, -0.05) is 24.7 Å². The van der Waals surface area contributed by atoms with Gasteiger partial charge in [-0.2, -0.15) is 0 Å². The smallest absolute Gasteiger partial charge is 0.203 e. The number of aromatic nitrogens is 1. The third-order valence-electron chi connectivity index (χ3n) is 1.82. The highest BCUT2D eigenvalue weighted by molar-refractivity contribution is 7.11. The number of aryl methyl sites for hydroxylation is 3. The van der Waals surface area contributed by atoms with E-state index < -0.39 is 0 Å². The number of nitrogens with one attached hydrogen (secondary N) is 1. The molecule has 0 saturated heterocycles. The minimum Gasteiger partial charge on any atom is -0.203 e. The number of hydrogen-bond acceptors (Lipinski definition) is 1. The third-order valence-corrected chi connectivity index (χ3v) is 2.98. The Hall–Kier alpha value is -0.370. The van der Waals surface area contributed by atoms with Gasteiger partial charge in [0.15, 0.2) is 5.69 Å². The molecule has 0 aliphatic heterocycles. The van der Waals surface area contributed by atoms with Gasteiger partial charge in [0.25, 0.3) is 0 Å². The van der Waals surface area contributed by atoms with Gasteiger partial charge >= 0.3 is 0 Å². The molecular weight excluding hydrogens is 154 g/mol. The number of rotatable bonds is 3. The molecule has 0 unspecified atom stereocenters. The molecule has 0 atom stereocenters. The van der Waals surface area contributed by atoms with E-state index in [4.69, 9.17) is 0 Å². The molecule has 11 heavy (non-hydrogen) atoms. The van der Waals surface area contributed by atoms with Crippen LogP contribution < -0.4 is 4.98 Å². The first-order valence-corrected chi connectivity index (χ1v) is 5.04. The molecule has 1 aromatic heterocycles. The van der Waals surface area contributed by atoms with Crippen molar-refractivity contribution in [2.24, 2.45) is 0 Å². The van der Waals surface area contributed by atoms with Crippen LogP contribution in [0.5, 0.6) is 0 Å². The summed E-state index contributed by atoms with van der Waals surface area (Å²) in [5, 5.41) is 1.33. The molecule has 0 aliphatic carbocycles. The molecule has 1 N–H and O–H groups in total. The molecular formula is C9H16NS+. The fourth-order valence-corrected chi connectivity index (χ4v) is 2.22. The Kier molecular flexibility index (Phi) is 3.06. The van der Waals surface area contributed by atoms with E-state index in [0.717, 1.165) is 0 Å². The van der Waals surface area contributed by atoms with Crippen molar-refractivity contribution < 1.29 is 4.98 Å². The predicted octanol–water partition coefficient (Wildman–Crippen LogP) is 2.52. The monoisotopic (exact) mass is 170 g/mol. The molecule has 0 saturated carbocycles. The van der Waals surface area contributed by atoms with Gasteiger partial charge in [0.05, 0.1) is 4.88 Å². The minimum absolute atomic E-state index is 1.25. The molecule has 1 nitrogen and oxygen atoms in total. The standard InChI is InChI=1S/C9H15NS/c1-4-5-6-9-7(2)10-8(3)11-9/h4-6H2,1-3H3/p+1. The highest BCUT2D eigenvalue weighted by Crippen LogP contribution is 2.15. The second-order valence-electron chi connectivity index (χ2n) is 2.93. The van der Waals surface area contributed by atoms with Crippen LogP contribution in [0, 0.1) is 13.8 Å². The summed E-state index contributed by atoms with van der Waals surface area (Å²) < 4.78 is 0. The molecule has 1 heterocycles. The average Bonchev–Trinajstić information content (AvgIpc) is 2.26. The highest BCUT2D eigenvalue weighted by Gasteiger charge is 2.09. The lowest BCUT2D eigenvalue weighted by atomic mass is 10.2. The molecule has 0 bridgehead atoms. The first kappa shape index (κ1) is 8.72. The van der Waals surface area contributed by atoms with Crippen LogP contribution in [0.1, 0.15) is 35.3 Å². The quantitative estimate of drug-likeness (QED) is 0.662. The van der Waals surface area contributed by atoms with Crippen molar-refractivity contribution in [1.29, 1.82) is 0 Å². The molecule has 1 rings (SSSR count). The van der Waals surface area contributed by atoms with E-state index in [0.29, 0.717) is 0 Å². The fraction of sp³-hybridized carbons (Fsp3) is 0.667. The van der Waals surface area contributed by atoms with Crippen molar-refractivity contribution in [2.75, 3.05) is 0 Å². The van der Waals surface area contributed by atoms with Crippen LogP contribution >= 0.6 is 11.3 Å². The third kappa shape index (κ3) is 2.29. The average molecular weight is 170 g/mol. The lowest BCUT2D eigenvalue weighted by Crippen LogP contribution is -2.04. The Labute approximate surface area is 72.5 Å². The number of hydrogen-bond donors (Lipinski definition) is 0. The van der Waals surface area contributed by atoms with Gasteiger partial charge in [-0.05, 0) is 12.8 Å². The van der Waals surface area contributed by atoms with E-state index in [1.165, 1.54) is 34.8 Å². The van der Waals surface area contributed by atoms with Crippen LogP contribution in [0.3, 0.4) is 0 Å². The maximum atomic E-state index is 3.33. The van der Waals surface area contributed by atoms with Gasteiger partial charge in [0.2, 0.25) is 5.01 Å². The first-order valence-electron chi connectivity index (χ1n) is 4.22. The molecule has 0 spiro atoms. The predicted molar refractivity (Wildman–Crippen MR) is 49.0 cm³/mol. The van der Waals surface area contributed by atoms with Crippen molar-refractivity contribution in [1.82, 2.24) is 0 Å². The van der Waals surface area contributed by atoms with Gasteiger partial charge in [0, 0.05) is 13.8 Å². The van der Waals surface area contributed by atoms with Gasteiger partial charge < -0.3 is 0 Å². The summed E-state index contributed by atoms with van der Waals surface area (Å²) in [6.45, 7) is 6.53. The Morgan fingerprint density at radius 2 is 2.09 bits per heavy atom. The van der Waals surface area contributed by atoms with E-state index >= 15 is 0 Å². The summed E-state index contributed by atoms with van der Waals surface area (Å²) in [7, 11) is 0. The highest BCUT2D eigenvalue weighted by atomic mass is 32.1. The van der Waals surface area contributed by atoms with Crippen molar-refractivity contribution in [3.63, 3.8) is 0 Å². The Balaban J connectivity index is 2.62. The van der Waals surface area contributed by atoms with E-state index in [-0.39, 0.29) is 0 Å². The lowest BCUT2D eigenvalue weighted by Gasteiger charge is -1.90. The molecule has 0 aliphatic rings. The second-order valence-corrected chi connectivity index (χ2v) is 4.24. The maximum absolute atomic E-state index is 3.33. The fourth-order valence-electron chi connectivity index (χ4n) is 1.20. The van der Waals surface area contributed by atoms with Crippen LogP contribution in [-0.4, -0.2) is 0 Å². The van der Waals surface area contributed by atoms with E-state index in [1.807, 2.05) is 11.3 Å². The van der Waals surface area contributed by atoms with Crippen molar-refractivity contribution in [3.05, 3.63) is 15.6 Å². The molecule has 0 radical (unpaired) electrons. The number of aromatic amines is 1. The summed E-state index contributed by atoms with van der Waals surface area (Å²) in [5.74, 6) is 0. The van der Waals surface area contributed by atoms with Crippen LogP contribution in [0.2, 0.25) is 0 Å². The van der Waals surface area contributed by atoms with Gasteiger partial charge in [-0.15, -0.1) is 0 Å². The second kappa shape index (κ2) is 3.86. The lowest BCUT2D eigenvalue weighted by molar-refractivity contribution is -0.389. The molecule has 2 heteroatoms. The van der Waals surface area contributed by atoms with E-state index in [2.05, 4.69) is 25.8 Å². The van der Waals surface area contributed by atoms with Gasteiger partial charge in [-0.25, -0.2) is 4.98 Å². The summed E-state index contributed by atoms with van der Waals surface area (Å²) in [6, 6.07) is 0. The summed E-state index contributed by atoms with van der Waals surface area (Å²) in [4.78, 5) is 4.87. The van der Waals surface area contributed by atoms with Gasteiger partial charge in [-0.3, -0.25) is 0 Å². The summed E-state index contributed by atoms with van der Waals surface area (Å²) in [6.07, 6.45) is 3.85. The number of thiazole rings is 1. The SMILES string of the molecule is CCCCc1sc(C)[nH+]c1C. The topological polar surface area (TPSA) is 14.1 Å². The van der Waals surface area contributed by atoms with Crippen LogP contribution in [-0.2, 0) is 6.42 Å². The van der Waals surface area contributed by atoms with E-state index in [9.17, 15) is 0 Å². The summed E-state index contributed by atoms with van der Waals surface area (Å²) in [5.41, 5.74) is 1.36. The maximum Gasteiger partial charge on any atom is 0.232 e. The Morgan fingerprint density at radius 1 is 1.36 bits per heavy atom. The van der Waals surface area contributed by atoms with Crippen molar-refractivity contribution >= 4 is 11.3 Å². The van der Waals surface area contributed by atoms with Gasteiger partial charge in [0.1, 0.15) is 0 Å². The largest absolute Gasteiger partial charge is 0.232 e.